The summed E-state index contributed by atoms with van der Waals surface area (Å²) in [6, 6.07) is 13.8. The van der Waals surface area contributed by atoms with Gasteiger partial charge in [-0.2, -0.15) is 5.26 Å². The van der Waals surface area contributed by atoms with Gasteiger partial charge in [-0.3, -0.25) is 4.79 Å². The lowest BCUT2D eigenvalue weighted by atomic mass is 10.0. The normalized spacial score (nSPS) is 10.7. The largest absolute Gasteiger partial charge is 0.497 e. The lowest BCUT2D eigenvalue weighted by molar-refractivity contribution is 0.103. The highest BCUT2D eigenvalue weighted by Gasteiger charge is 2.14. The van der Waals surface area contributed by atoms with E-state index < -0.39 is 0 Å². The van der Waals surface area contributed by atoms with Gasteiger partial charge in [0.25, 0.3) is 0 Å². The Morgan fingerprint density at radius 3 is 2.33 bits per heavy atom. The first-order valence-electron chi connectivity index (χ1n) is 7.15. The summed E-state index contributed by atoms with van der Waals surface area (Å²) in [5, 5.41) is 9.37. The van der Waals surface area contributed by atoms with Gasteiger partial charge < -0.3 is 14.2 Å². The van der Waals surface area contributed by atoms with E-state index in [4.69, 9.17) is 14.2 Å². The van der Waals surface area contributed by atoms with Crippen molar-refractivity contribution in [2.45, 2.75) is 0 Å². The molecule has 5 heteroatoms. The number of methoxy groups -OCH3 is 3. The van der Waals surface area contributed by atoms with Crippen LogP contribution in [0.5, 0.6) is 17.2 Å². The summed E-state index contributed by atoms with van der Waals surface area (Å²) in [6.45, 7) is 0. The molecule has 0 aliphatic heterocycles. The Kier molecular flexibility index (Phi) is 5.58. The van der Waals surface area contributed by atoms with E-state index in [2.05, 4.69) is 0 Å². The van der Waals surface area contributed by atoms with Crippen molar-refractivity contribution < 1.29 is 19.0 Å². The van der Waals surface area contributed by atoms with Crippen LogP contribution in [0.3, 0.4) is 0 Å². The van der Waals surface area contributed by atoms with Crippen molar-refractivity contribution in [2.24, 2.45) is 0 Å². The van der Waals surface area contributed by atoms with Crippen molar-refractivity contribution >= 4 is 11.9 Å². The number of carbonyl (C=O) groups excluding carboxylic acids is 1. The Morgan fingerprint density at radius 2 is 1.71 bits per heavy atom. The van der Waals surface area contributed by atoms with Crippen molar-refractivity contribution in [1.29, 1.82) is 5.26 Å². The molecule has 0 radical (unpaired) electrons. The van der Waals surface area contributed by atoms with Gasteiger partial charge in [0.2, 0.25) is 5.78 Å². The first kappa shape index (κ1) is 17.1. The third-order valence-electron chi connectivity index (χ3n) is 3.44. The Hall–Kier alpha value is -3.26. The summed E-state index contributed by atoms with van der Waals surface area (Å²) in [6.07, 6.45) is 1.50. The number of ketones is 1. The van der Waals surface area contributed by atoms with Crippen LogP contribution >= 0.6 is 0 Å². The maximum Gasteiger partial charge on any atom is 0.203 e. The van der Waals surface area contributed by atoms with Crippen LogP contribution in [0.1, 0.15) is 15.9 Å². The number of ether oxygens (including phenoxy) is 3. The minimum atomic E-state index is -0.380. The highest BCUT2D eigenvalue weighted by Crippen LogP contribution is 2.27. The van der Waals surface area contributed by atoms with E-state index in [1.807, 2.05) is 6.07 Å². The lowest BCUT2D eigenvalue weighted by Gasteiger charge is -2.08. The number of hydrogen-bond acceptors (Lipinski definition) is 5. The number of benzene rings is 2. The fraction of sp³-hybridized carbons (Fsp3) is 0.158. The van der Waals surface area contributed by atoms with Crippen LogP contribution in [0.2, 0.25) is 0 Å². The van der Waals surface area contributed by atoms with Gasteiger partial charge in [0, 0.05) is 17.2 Å². The lowest BCUT2D eigenvalue weighted by Crippen LogP contribution is -2.02. The van der Waals surface area contributed by atoms with Crippen LogP contribution < -0.4 is 14.2 Å². The van der Waals surface area contributed by atoms with E-state index in [-0.39, 0.29) is 11.4 Å². The van der Waals surface area contributed by atoms with Crippen molar-refractivity contribution in [2.75, 3.05) is 21.3 Å². The molecule has 0 saturated heterocycles. The van der Waals surface area contributed by atoms with Gasteiger partial charge in [-0.05, 0) is 30.3 Å². The van der Waals surface area contributed by atoms with Crippen LogP contribution in [0.4, 0.5) is 0 Å². The summed E-state index contributed by atoms with van der Waals surface area (Å²) in [5.41, 5.74) is 1.01. The van der Waals surface area contributed by atoms with Crippen molar-refractivity contribution in [3.63, 3.8) is 0 Å². The van der Waals surface area contributed by atoms with Gasteiger partial charge in [-0.15, -0.1) is 0 Å². The van der Waals surface area contributed by atoms with Crippen LogP contribution in [0.25, 0.3) is 6.08 Å². The molecular weight excluding hydrogens is 306 g/mol. The highest BCUT2D eigenvalue weighted by molar-refractivity contribution is 6.14. The zero-order chi connectivity index (χ0) is 17.5. The molecule has 24 heavy (non-hydrogen) atoms. The predicted molar refractivity (Wildman–Crippen MR) is 90.5 cm³/mol. The second-order valence-corrected chi connectivity index (χ2v) is 4.84. The second-order valence-electron chi connectivity index (χ2n) is 4.84. The van der Waals surface area contributed by atoms with Crippen molar-refractivity contribution in [3.8, 4) is 23.3 Å². The molecule has 0 fully saturated rings. The molecule has 0 aliphatic rings. The molecule has 0 N–H and O–H groups in total. The van der Waals surface area contributed by atoms with Gasteiger partial charge in [0.05, 0.1) is 21.3 Å². The van der Waals surface area contributed by atoms with Gasteiger partial charge in [0.15, 0.2) is 0 Å². The third kappa shape index (κ3) is 3.73. The molecular formula is C19H17NO4. The highest BCUT2D eigenvalue weighted by atomic mass is 16.5. The van der Waals surface area contributed by atoms with Crippen LogP contribution in [0, 0.1) is 11.3 Å². The molecule has 0 bridgehead atoms. The smallest absolute Gasteiger partial charge is 0.203 e. The van der Waals surface area contributed by atoms with Gasteiger partial charge in [-0.25, -0.2) is 0 Å². The summed E-state index contributed by atoms with van der Waals surface area (Å²) >= 11 is 0. The SMILES string of the molecule is COc1cccc(C(=O)/C(C#N)=C/c2ccc(OC)cc2OC)c1. The maximum absolute atomic E-state index is 12.6. The van der Waals surface area contributed by atoms with E-state index in [1.54, 1.807) is 49.6 Å². The summed E-state index contributed by atoms with van der Waals surface area (Å²) in [5.74, 6) is 1.32. The molecule has 0 unspecified atom stereocenters. The average molecular weight is 323 g/mol. The zero-order valence-electron chi connectivity index (χ0n) is 13.7. The Balaban J connectivity index is 2.42. The molecule has 122 valence electrons. The fourth-order valence-corrected chi connectivity index (χ4v) is 2.16. The van der Waals surface area contributed by atoms with Crippen molar-refractivity contribution in [3.05, 3.63) is 59.2 Å². The molecule has 0 heterocycles. The first-order chi connectivity index (χ1) is 11.6. The third-order valence-corrected chi connectivity index (χ3v) is 3.44. The molecule has 0 aliphatic carbocycles. The van der Waals surface area contributed by atoms with Gasteiger partial charge >= 0.3 is 0 Å². The molecule has 2 aromatic carbocycles. The number of nitriles is 1. The molecule has 2 aromatic rings. The number of allylic oxidation sites excluding steroid dienone is 1. The van der Waals surface area contributed by atoms with E-state index >= 15 is 0 Å². The monoisotopic (exact) mass is 323 g/mol. The number of rotatable bonds is 6. The molecule has 0 saturated carbocycles. The standard InChI is InChI=1S/C19H17NO4/c1-22-16-6-4-5-14(10-16)19(21)15(12-20)9-13-7-8-17(23-2)11-18(13)24-3/h4-11H,1-3H3/b15-9+. The Bertz CT molecular complexity index is 818. The minimum absolute atomic E-state index is 0.00622. The molecule has 2 rings (SSSR count). The van der Waals surface area contributed by atoms with E-state index in [1.165, 1.54) is 20.3 Å². The Labute approximate surface area is 140 Å². The van der Waals surface area contributed by atoms with Gasteiger partial charge in [0.1, 0.15) is 28.9 Å². The Morgan fingerprint density at radius 1 is 1.00 bits per heavy atom. The summed E-state index contributed by atoms with van der Waals surface area (Å²) in [7, 11) is 4.59. The van der Waals surface area contributed by atoms with E-state index in [9.17, 15) is 10.1 Å². The average Bonchev–Trinajstić information content (AvgIpc) is 2.65. The molecule has 0 aromatic heterocycles. The number of Topliss-reactive ketones (excluding diaryl/α,β-unsaturated/α-hetero) is 1. The maximum atomic E-state index is 12.6. The summed E-state index contributed by atoms with van der Waals surface area (Å²) < 4.78 is 15.5. The first-order valence-corrected chi connectivity index (χ1v) is 7.15. The fourth-order valence-electron chi connectivity index (χ4n) is 2.16. The zero-order valence-corrected chi connectivity index (χ0v) is 13.7. The number of nitrogens with zero attached hydrogens (tertiary/aromatic N) is 1. The van der Waals surface area contributed by atoms with Crippen LogP contribution in [-0.2, 0) is 0 Å². The predicted octanol–water partition coefficient (Wildman–Crippen LogP) is 3.50. The van der Waals surface area contributed by atoms with E-state index in [0.717, 1.165) is 0 Å². The molecule has 5 nitrogen and oxygen atoms in total. The van der Waals surface area contributed by atoms with Crippen LogP contribution in [0.15, 0.2) is 48.0 Å². The second kappa shape index (κ2) is 7.84. The minimum Gasteiger partial charge on any atom is -0.497 e. The number of hydrogen-bond donors (Lipinski definition) is 0. The van der Waals surface area contributed by atoms with Gasteiger partial charge in [-0.1, -0.05) is 12.1 Å². The topological polar surface area (TPSA) is 68.6 Å². The molecule has 0 spiro atoms. The van der Waals surface area contributed by atoms with Crippen LogP contribution in [-0.4, -0.2) is 27.1 Å². The molecule has 0 atom stereocenters. The number of carbonyl (C=O) groups is 1. The quantitative estimate of drug-likeness (QED) is 0.462. The summed E-state index contributed by atoms with van der Waals surface area (Å²) in [4.78, 5) is 12.6. The van der Waals surface area contributed by atoms with E-state index in [0.29, 0.717) is 28.4 Å². The molecule has 0 amide bonds. The van der Waals surface area contributed by atoms with Crippen molar-refractivity contribution in [1.82, 2.24) is 0 Å².